The molecule has 0 amide bonds. The van der Waals surface area contributed by atoms with E-state index in [-0.39, 0.29) is 45.9 Å². The fourth-order valence-corrected chi connectivity index (χ4v) is 4.92. The molecular formula is C31H35N3O8S. The standard InChI is InChI=1S/C31H35N3O8S/c1-31(2,3)21-12-16-24(17-13-21)43(37,38)34-29-27(42-26-9-7-6-8-25(26)40-5)30(41-19-22(36)18-35)33-28(32-29)20-10-14-23(39-4)15-11-20/h6-17,22,35-36H,18-19H2,1-5H3,(H,32,33,34)/t22-/m0/s1. The van der Waals surface area contributed by atoms with E-state index in [2.05, 4.69) is 14.7 Å². The molecule has 0 unspecified atom stereocenters. The van der Waals surface area contributed by atoms with Crippen LogP contribution in [0, 0.1) is 0 Å². The number of methoxy groups -OCH3 is 2. The summed E-state index contributed by atoms with van der Waals surface area (Å²) in [6.45, 7) is 5.18. The summed E-state index contributed by atoms with van der Waals surface area (Å²) in [6, 6.07) is 20.1. The SMILES string of the molecule is COc1ccc(-c2nc(NS(=O)(=O)c3ccc(C(C)(C)C)cc3)c(Oc3ccccc3OC)c(OC[C@@H](O)CO)n2)cc1. The molecule has 1 heterocycles. The highest BCUT2D eigenvalue weighted by molar-refractivity contribution is 7.92. The first kappa shape index (κ1) is 31.5. The van der Waals surface area contributed by atoms with Crippen LogP contribution in [-0.4, -0.2) is 62.1 Å². The second-order valence-electron chi connectivity index (χ2n) is 10.5. The minimum Gasteiger partial charge on any atom is -0.497 e. The Balaban J connectivity index is 1.87. The Morgan fingerprint density at radius 2 is 1.53 bits per heavy atom. The number of nitrogens with zero attached hydrogens (tertiary/aromatic N) is 2. The number of aromatic nitrogens is 2. The third-order valence-corrected chi connectivity index (χ3v) is 7.70. The minimum absolute atomic E-state index is 0.00604. The molecule has 3 aromatic carbocycles. The Morgan fingerprint density at radius 3 is 2.12 bits per heavy atom. The van der Waals surface area contributed by atoms with Crippen molar-refractivity contribution >= 4 is 15.8 Å². The van der Waals surface area contributed by atoms with Gasteiger partial charge in [-0.3, -0.25) is 4.72 Å². The first-order valence-electron chi connectivity index (χ1n) is 13.4. The number of sulfonamides is 1. The molecule has 0 saturated carbocycles. The normalized spacial score (nSPS) is 12.3. The van der Waals surface area contributed by atoms with Crippen LogP contribution in [-0.2, 0) is 15.4 Å². The van der Waals surface area contributed by atoms with E-state index in [1.165, 1.54) is 26.4 Å². The fraction of sp³-hybridized carbons (Fsp3) is 0.290. The third-order valence-electron chi connectivity index (χ3n) is 6.35. The molecule has 0 saturated heterocycles. The molecule has 0 aliphatic rings. The summed E-state index contributed by atoms with van der Waals surface area (Å²) in [5.74, 6) is 0.705. The van der Waals surface area contributed by atoms with E-state index < -0.39 is 22.7 Å². The molecule has 1 aromatic heterocycles. The summed E-state index contributed by atoms with van der Waals surface area (Å²) in [6.07, 6.45) is -1.24. The van der Waals surface area contributed by atoms with Gasteiger partial charge in [-0.1, -0.05) is 45.0 Å². The van der Waals surface area contributed by atoms with E-state index in [0.29, 0.717) is 17.1 Å². The average Bonchev–Trinajstić information content (AvgIpc) is 3.00. The van der Waals surface area contributed by atoms with Crippen LogP contribution in [0.4, 0.5) is 5.82 Å². The van der Waals surface area contributed by atoms with Gasteiger partial charge >= 0.3 is 0 Å². The zero-order chi connectivity index (χ0) is 31.2. The van der Waals surface area contributed by atoms with Crippen LogP contribution in [0.5, 0.6) is 28.9 Å². The number of nitrogens with one attached hydrogen (secondary N) is 1. The van der Waals surface area contributed by atoms with Gasteiger partial charge in [0.25, 0.3) is 15.9 Å². The van der Waals surface area contributed by atoms with Gasteiger partial charge in [0.1, 0.15) is 18.5 Å². The highest BCUT2D eigenvalue weighted by Gasteiger charge is 2.26. The van der Waals surface area contributed by atoms with E-state index in [1.807, 2.05) is 20.8 Å². The van der Waals surface area contributed by atoms with Crippen LogP contribution in [0.2, 0.25) is 0 Å². The summed E-state index contributed by atoms with van der Waals surface area (Å²) in [7, 11) is -1.18. The Morgan fingerprint density at radius 1 is 0.884 bits per heavy atom. The maximum absolute atomic E-state index is 13.7. The maximum atomic E-state index is 13.7. The number of aliphatic hydroxyl groups excluding tert-OH is 2. The monoisotopic (exact) mass is 609 g/mol. The highest BCUT2D eigenvalue weighted by atomic mass is 32.2. The summed E-state index contributed by atoms with van der Waals surface area (Å²) in [5.41, 5.74) is 1.32. The lowest BCUT2D eigenvalue weighted by molar-refractivity contribution is 0.0513. The number of hydrogen-bond donors (Lipinski definition) is 3. The lowest BCUT2D eigenvalue weighted by atomic mass is 9.87. The molecule has 0 radical (unpaired) electrons. The molecule has 0 aliphatic carbocycles. The predicted octanol–water partition coefficient (Wildman–Crippen LogP) is 4.78. The van der Waals surface area contributed by atoms with Gasteiger partial charge in [0.05, 0.1) is 25.7 Å². The molecule has 1 atom stereocenters. The van der Waals surface area contributed by atoms with Gasteiger partial charge in [0, 0.05) is 5.56 Å². The topological polar surface area (TPSA) is 149 Å². The molecule has 0 bridgehead atoms. The van der Waals surface area contributed by atoms with Gasteiger partial charge in [0.15, 0.2) is 23.1 Å². The fourth-order valence-electron chi connectivity index (χ4n) is 3.92. The lowest BCUT2D eigenvalue weighted by Gasteiger charge is -2.20. The first-order valence-corrected chi connectivity index (χ1v) is 14.9. The van der Waals surface area contributed by atoms with Crippen molar-refractivity contribution < 1.29 is 37.6 Å². The van der Waals surface area contributed by atoms with Crippen LogP contribution < -0.4 is 23.7 Å². The van der Waals surface area contributed by atoms with Crippen molar-refractivity contribution in [2.24, 2.45) is 0 Å². The Bertz CT molecular complexity index is 1640. The Hall–Kier alpha value is -4.39. The zero-order valence-corrected chi connectivity index (χ0v) is 25.4. The summed E-state index contributed by atoms with van der Waals surface area (Å²) in [4.78, 5) is 9.02. The first-order chi connectivity index (χ1) is 20.4. The van der Waals surface area contributed by atoms with Crippen molar-refractivity contribution in [2.75, 3.05) is 32.2 Å². The van der Waals surface area contributed by atoms with Crippen LogP contribution in [0.25, 0.3) is 11.4 Å². The number of hydrogen-bond acceptors (Lipinski definition) is 10. The van der Waals surface area contributed by atoms with E-state index in [4.69, 9.17) is 18.9 Å². The number of anilines is 1. The highest BCUT2D eigenvalue weighted by Crippen LogP contribution is 2.42. The summed E-state index contributed by atoms with van der Waals surface area (Å²) < 4.78 is 52.4. The molecule has 4 rings (SSSR count). The Labute approximate surface area is 251 Å². The minimum atomic E-state index is -4.18. The van der Waals surface area contributed by atoms with Gasteiger partial charge in [0.2, 0.25) is 5.75 Å². The van der Waals surface area contributed by atoms with Gasteiger partial charge in [-0.25, -0.2) is 13.4 Å². The van der Waals surface area contributed by atoms with Crippen LogP contribution in [0.15, 0.2) is 77.7 Å². The molecule has 43 heavy (non-hydrogen) atoms. The van der Waals surface area contributed by atoms with E-state index in [1.54, 1.807) is 60.7 Å². The number of ether oxygens (including phenoxy) is 4. The van der Waals surface area contributed by atoms with Crippen molar-refractivity contribution in [3.05, 3.63) is 78.4 Å². The van der Waals surface area contributed by atoms with Crippen molar-refractivity contribution in [3.63, 3.8) is 0 Å². The molecular weight excluding hydrogens is 574 g/mol. The molecule has 3 N–H and O–H groups in total. The number of para-hydroxylation sites is 2. The molecule has 228 valence electrons. The van der Waals surface area contributed by atoms with Crippen molar-refractivity contribution in [2.45, 2.75) is 37.2 Å². The second-order valence-corrected chi connectivity index (χ2v) is 12.2. The summed E-state index contributed by atoms with van der Waals surface area (Å²) >= 11 is 0. The van der Waals surface area contributed by atoms with Gasteiger partial charge in [-0.2, -0.15) is 4.98 Å². The second kappa shape index (κ2) is 13.3. The maximum Gasteiger partial charge on any atom is 0.263 e. The molecule has 4 aromatic rings. The molecule has 11 nitrogen and oxygen atoms in total. The van der Waals surface area contributed by atoms with Gasteiger partial charge < -0.3 is 29.2 Å². The van der Waals surface area contributed by atoms with Crippen LogP contribution in [0.3, 0.4) is 0 Å². The average molecular weight is 610 g/mol. The number of benzene rings is 3. The van der Waals surface area contributed by atoms with Crippen LogP contribution in [0.1, 0.15) is 26.3 Å². The van der Waals surface area contributed by atoms with Crippen molar-refractivity contribution in [3.8, 4) is 40.3 Å². The van der Waals surface area contributed by atoms with Crippen LogP contribution >= 0.6 is 0 Å². The van der Waals surface area contributed by atoms with Crippen molar-refractivity contribution in [1.82, 2.24) is 9.97 Å². The smallest absolute Gasteiger partial charge is 0.263 e. The van der Waals surface area contributed by atoms with Crippen molar-refractivity contribution in [1.29, 1.82) is 0 Å². The Kier molecular flexibility index (Phi) is 9.74. The molecule has 0 fully saturated rings. The number of rotatable bonds is 12. The zero-order valence-electron chi connectivity index (χ0n) is 24.6. The molecule has 0 spiro atoms. The quantitative estimate of drug-likeness (QED) is 0.205. The van der Waals surface area contributed by atoms with E-state index in [9.17, 15) is 18.6 Å². The van der Waals surface area contributed by atoms with E-state index in [0.717, 1.165) is 5.56 Å². The van der Waals surface area contributed by atoms with Gasteiger partial charge in [-0.15, -0.1) is 0 Å². The van der Waals surface area contributed by atoms with Gasteiger partial charge in [-0.05, 0) is 59.5 Å². The third kappa shape index (κ3) is 7.72. The predicted molar refractivity (Wildman–Crippen MR) is 162 cm³/mol. The molecule has 0 aliphatic heterocycles. The molecule has 12 heteroatoms. The van der Waals surface area contributed by atoms with E-state index >= 15 is 0 Å². The largest absolute Gasteiger partial charge is 0.497 e. The lowest BCUT2D eigenvalue weighted by Crippen LogP contribution is -2.22. The summed E-state index contributed by atoms with van der Waals surface area (Å²) in [5, 5.41) is 19.4. The number of aliphatic hydroxyl groups is 2.